The van der Waals surface area contributed by atoms with Crippen molar-refractivity contribution >= 4 is 22.2 Å². The molecule has 1 saturated heterocycles. The Kier molecular flexibility index (Phi) is 7.13. The molecule has 4 saturated carbocycles. The molecule has 0 radical (unpaired) electrons. The van der Waals surface area contributed by atoms with Gasteiger partial charge in [0.2, 0.25) is 0 Å². The van der Waals surface area contributed by atoms with Crippen molar-refractivity contribution in [2.24, 2.45) is 52.3 Å². The first-order valence-electron chi connectivity index (χ1n) is 14.6. The summed E-state index contributed by atoms with van der Waals surface area (Å²) in [7, 11) is -4.12. The average molecular weight is 539 g/mol. The van der Waals surface area contributed by atoms with E-state index in [-0.39, 0.29) is 18.1 Å². The molecule has 8 nitrogen and oxygen atoms in total. The van der Waals surface area contributed by atoms with Crippen LogP contribution in [-0.2, 0) is 19.7 Å². The highest BCUT2D eigenvalue weighted by molar-refractivity contribution is 7.88. The number of aliphatic hydroxyl groups is 1. The molecule has 4 aliphatic carbocycles. The number of rotatable bonds is 5. The highest BCUT2D eigenvalue weighted by atomic mass is 32.2. The van der Waals surface area contributed by atoms with Gasteiger partial charge in [0.05, 0.1) is 12.7 Å². The van der Waals surface area contributed by atoms with Crippen molar-refractivity contribution in [1.29, 1.82) is 0 Å². The van der Waals surface area contributed by atoms with E-state index in [1.165, 1.54) is 44.9 Å². The Labute approximate surface area is 222 Å². The number of amides is 2. The zero-order valence-corrected chi connectivity index (χ0v) is 23.8. The minimum absolute atomic E-state index is 0.120. The SMILES string of the molecule is CC[C@H]1C[C@H]2C3CC[C@H]([C@H](C)CCOC(=O)N4CC(=O)NS4(=O)=O)[C@@]3(C)CC[C@@H]2[C@@]2(C)CC[C@@H](O)C[C@@H]12. The monoisotopic (exact) mass is 538 g/mol. The van der Waals surface area contributed by atoms with Crippen LogP contribution in [0.5, 0.6) is 0 Å². The molecule has 10 atom stereocenters. The molecule has 5 aliphatic rings. The van der Waals surface area contributed by atoms with Crippen LogP contribution in [0, 0.1) is 52.3 Å². The van der Waals surface area contributed by atoms with E-state index in [0.29, 0.717) is 39.8 Å². The summed E-state index contributed by atoms with van der Waals surface area (Å²) < 4.78 is 31.3. The maximum atomic E-state index is 12.3. The number of nitrogens with one attached hydrogen (secondary N) is 1. The number of carbonyl (C=O) groups is 2. The molecule has 2 N–H and O–H groups in total. The van der Waals surface area contributed by atoms with Gasteiger partial charge in [-0.05, 0) is 110 Å². The van der Waals surface area contributed by atoms with Gasteiger partial charge in [-0.3, -0.25) is 4.79 Å². The topological polar surface area (TPSA) is 113 Å². The predicted octanol–water partition coefficient (Wildman–Crippen LogP) is 4.48. The summed E-state index contributed by atoms with van der Waals surface area (Å²) in [6, 6.07) is 0. The van der Waals surface area contributed by atoms with Crippen molar-refractivity contribution < 1.29 is 27.9 Å². The van der Waals surface area contributed by atoms with E-state index in [2.05, 4.69) is 27.7 Å². The van der Waals surface area contributed by atoms with Crippen LogP contribution in [0.15, 0.2) is 0 Å². The van der Waals surface area contributed by atoms with Gasteiger partial charge < -0.3 is 9.84 Å². The van der Waals surface area contributed by atoms with Crippen LogP contribution < -0.4 is 4.72 Å². The lowest BCUT2D eigenvalue weighted by Gasteiger charge is -2.63. The molecule has 0 aromatic heterocycles. The van der Waals surface area contributed by atoms with E-state index in [4.69, 9.17) is 4.74 Å². The van der Waals surface area contributed by atoms with Crippen molar-refractivity contribution in [3.05, 3.63) is 0 Å². The van der Waals surface area contributed by atoms with Crippen LogP contribution in [0.1, 0.15) is 91.9 Å². The van der Waals surface area contributed by atoms with Crippen molar-refractivity contribution in [3.63, 3.8) is 0 Å². The highest BCUT2D eigenvalue weighted by Crippen LogP contribution is 2.69. The molecule has 1 unspecified atom stereocenters. The minimum Gasteiger partial charge on any atom is -0.449 e. The molecule has 1 aliphatic heterocycles. The van der Waals surface area contributed by atoms with E-state index in [0.717, 1.165) is 30.6 Å². The third kappa shape index (κ3) is 4.50. The maximum absolute atomic E-state index is 12.3. The average Bonchev–Trinajstić information content (AvgIpc) is 3.33. The molecule has 0 aromatic carbocycles. The van der Waals surface area contributed by atoms with Gasteiger partial charge >= 0.3 is 16.3 Å². The minimum atomic E-state index is -4.12. The van der Waals surface area contributed by atoms with E-state index < -0.39 is 28.8 Å². The summed E-state index contributed by atoms with van der Waals surface area (Å²) >= 11 is 0. The number of nitrogens with zero attached hydrogens (tertiary/aromatic N) is 1. The molecule has 0 bridgehead atoms. The summed E-state index contributed by atoms with van der Waals surface area (Å²) in [5, 5.41) is 10.5. The Balaban J connectivity index is 1.23. The van der Waals surface area contributed by atoms with Crippen LogP contribution in [-0.4, -0.2) is 49.1 Å². The third-order valence-electron chi connectivity index (χ3n) is 11.9. The van der Waals surface area contributed by atoms with Crippen LogP contribution >= 0.6 is 0 Å². The third-order valence-corrected chi connectivity index (χ3v) is 13.3. The molecule has 1 heterocycles. The number of hydrogen-bond donors (Lipinski definition) is 2. The summed E-state index contributed by atoms with van der Waals surface area (Å²) in [4.78, 5) is 23.7. The highest BCUT2D eigenvalue weighted by Gasteiger charge is 2.62. The lowest BCUT2D eigenvalue weighted by atomic mass is 9.42. The van der Waals surface area contributed by atoms with Crippen LogP contribution in [0.2, 0.25) is 0 Å². The number of ether oxygens (including phenoxy) is 1. The summed E-state index contributed by atoms with van der Waals surface area (Å²) in [5.41, 5.74) is 0.642. The molecule has 0 spiro atoms. The molecular weight excluding hydrogens is 492 g/mol. The molecule has 210 valence electrons. The van der Waals surface area contributed by atoms with Crippen molar-refractivity contribution in [3.8, 4) is 0 Å². The lowest BCUT2D eigenvalue weighted by molar-refractivity contribution is -0.152. The Morgan fingerprint density at radius 1 is 1.11 bits per heavy atom. The number of aliphatic hydroxyl groups excluding tert-OH is 1. The number of carbonyl (C=O) groups excluding carboxylic acids is 2. The summed E-state index contributed by atoms with van der Waals surface area (Å²) in [6.45, 7) is 9.31. The van der Waals surface area contributed by atoms with E-state index in [1.807, 2.05) is 0 Å². The molecule has 0 aromatic rings. The molecule has 5 fully saturated rings. The second kappa shape index (κ2) is 9.68. The van der Waals surface area contributed by atoms with Gasteiger partial charge in [0, 0.05) is 0 Å². The quantitative estimate of drug-likeness (QED) is 0.534. The normalized spacial score (nSPS) is 45.4. The van der Waals surface area contributed by atoms with Gasteiger partial charge in [-0.1, -0.05) is 34.1 Å². The Hall–Kier alpha value is -1.35. The van der Waals surface area contributed by atoms with Crippen LogP contribution in [0.3, 0.4) is 0 Å². The van der Waals surface area contributed by atoms with Crippen LogP contribution in [0.25, 0.3) is 0 Å². The van der Waals surface area contributed by atoms with Gasteiger partial charge in [0.15, 0.2) is 0 Å². The van der Waals surface area contributed by atoms with Gasteiger partial charge in [-0.25, -0.2) is 9.52 Å². The first-order chi connectivity index (χ1) is 17.4. The predicted molar refractivity (Wildman–Crippen MR) is 139 cm³/mol. The molecule has 5 rings (SSSR count). The molecule has 9 heteroatoms. The second-order valence-corrected chi connectivity index (χ2v) is 15.1. The Morgan fingerprint density at radius 2 is 1.81 bits per heavy atom. The van der Waals surface area contributed by atoms with Crippen molar-refractivity contribution in [1.82, 2.24) is 9.03 Å². The van der Waals surface area contributed by atoms with Crippen molar-refractivity contribution in [2.75, 3.05) is 13.2 Å². The fourth-order valence-electron chi connectivity index (χ4n) is 10.1. The maximum Gasteiger partial charge on any atom is 0.425 e. The Bertz CT molecular complexity index is 1020. The van der Waals surface area contributed by atoms with Gasteiger partial charge in [0.25, 0.3) is 5.91 Å². The van der Waals surface area contributed by atoms with Gasteiger partial charge in [0.1, 0.15) is 6.54 Å². The zero-order chi connectivity index (χ0) is 26.8. The van der Waals surface area contributed by atoms with E-state index in [9.17, 15) is 23.1 Å². The van der Waals surface area contributed by atoms with E-state index >= 15 is 0 Å². The van der Waals surface area contributed by atoms with Crippen LogP contribution in [0.4, 0.5) is 4.79 Å². The van der Waals surface area contributed by atoms with Gasteiger partial charge in [-0.2, -0.15) is 12.7 Å². The van der Waals surface area contributed by atoms with Gasteiger partial charge in [-0.15, -0.1) is 0 Å². The largest absolute Gasteiger partial charge is 0.449 e. The molecule has 2 amide bonds. The number of fused-ring (bicyclic) bond motifs is 5. The zero-order valence-electron chi connectivity index (χ0n) is 22.9. The summed E-state index contributed by atoms with van der Waals surface area (Å²) in [6.07, 6.45) is 10.2. The lowest BCUT2D eigenvalue weighted by Crippen LogP contribution is -2.56. The molecular formula is C28H46N2O6S. The number of hydrogen-bond acceptors (Lipinski definition) is 6. The first-order valence-corrected chi connectivity index (χ1v) is 16.0. The first kappa shape index (κ1) is 27.2. The standard InChI is InChI=1S/C28H46N2O6S/c1-5-18-14-20-22-7-6-21(17(2)10-13-36-26(33)30-16-25(32)29-37(30,34)35)27(22,3)12-9-23(20)28(4)11-8-19(31)15-24(18)28/h17-24,31H,5-16H2,1-4H3,(H,29,32)/t17-,18+,19-,20+,21-,22?,23+,24+,27-,28-/m1/s1. The second-order valence-electron chi connectivity index (χ2n) is 13.5. The van der Waals surface area contributed by atoms with Crippen molar-refractivity contribution in [2.45, 2.75) is 98.0 Å². The molecule has 37 heavy (non-hydrogen) atoms. The smallest absolute Gasteiger partial charge is 0.425 e. The van der Waals surface area contributed by atoms with E-state index in [1.54, 1.807) is 4.72 Å². The summed E-state index contributed by atoms with van der Waals surface area (Å²) in [5.74, 6) is 3.84. The fraction of sp³-hybridized carbons (Fsp3) is 0.929. The fourth-order valence-corrected chi connectivity index (χ4v) is 11.1. The Morgan fingerprint density at radius 3 is 2.49 bits per heavy atom.